The van der Waals surface area contributed by atoms with Gasteiger partial charge in [0.25, 0.3) is 0 Å². The Hall–Kier alpha value is -2.52. The molecule has 0 aliphatic heterocycles. The summed E-state index contributed by atoms with van der Waals surface area (Å²) in [6, 6.07) is 15.8. The van der Waals surface area contributed by atoms with Crippen molar-refractivity contribution in [3.63, 3.8) is 0 Å². The number of unbranched alkanes of at least 4 members (excludes halogenated alkanes) is 2. The Kier molecular flexibility index (Phi) is 7.80. The first kappa shape index (κ1) is 18.8. The number of azo groups is 1. The third kappa shape index (κ3) is 6.86. The maximum Gasteiger partial charge on any atom is 0.311 e. The topological polar surface area (TPSA) is 74.8 Å². The number of halogens is 1. The summed E-state index contributed by atoms with van der Waals surface area (Å²) in [5.41, 5.74) is 1.90. The van der Waals surface area contributed by atoms with Gasteiger partial charge in [0.15, 0.2) is 0 Å². The fraction of sp³-hybridized carbons (Fsp3) is 0.263. The van der Waals surface area contributed by atoms with Crippen LogP contribution in [0.3, 0.4) is 0 Å². The van der Waals surface area contributed by atoms with Crippen LogP contribution < -0.4 is 4.74 Å². The predicted octanol–water partition coefficient (Wildman–Crippen LogP) is 5.83. The zero-order valence-electron chi connectivity index (χ0n) is 13.7. The van der Waals surface area contributed by atoms with E-state index in [9.17, 15) is 4.79 Å². The molecule has 2 rings (SSSR count). The van der Waals surface area contributed by atoms with Gasteiger partial charge in [-0.05, 0) is 61.4 Å². The van der Waals surface area contributed by atoms with Crippen molar-refractivity contribution in [1.82, 2.24) is 0 Å². The van der Waals surface area contributed by atoms with E-state index in [1.807, 2.05) is 0 Å². The van der Waals surface area contributed by atoms with Crippen LogP contribution in [0, 0.1) is 11.3 Å². The Balaban J connectivity index is 1.85. The maximum atomic E-state index is 11.7. The highest BCUT2D eigenvalue weighted by molar-refractivity contribution is 9.09. The van der Waals surface area contributed by atoms with E-state index in [4.69, 9.17) is 10.00 Å². The number of rotatable bonds is 8. The highest BCUT2D eigenvalue weighted by Gasteiger charge is 2.04. The molecule has 0 aliphatic carbocycles. The number of carbonyl (C=O) groups is 1. The second-order valence-electron chi connectivity index (χ2n) is 5.33. The minimum atomic E-state index is -0.221. The molecular formula is C19H18BrN3O2. The first-order valence-electron chi connectivity index (χ1n) is 8.00. The number of hydrogen-bond donors (Lipinski definition) is 0. The van der Waals surface area contributed by atoms with Crippen LogP contribution in [0.2, 0.25) is 0 Å². The number of nitriles is 1. The molecule has 0 saturated heterocycles. The van der Waals surface area contributed by atoms with Crippen molar-refractivity contribution >= 4 is 33.3 Å². The lowest BCUT2D eigenvalue weighted by Crippen LogP contribution is -2.07. The van der Waals surface area contributed by atoms with Crippen LogP contribution in [0.1, 0.15) is 31.2 Å². The summed E-state index contributed by atoms with van der Waals surface area (Å²) in [7, 11) is 0. The molecule has 0 aliphatic rings. The molecule has 2 aromatic rings. The Morgan fingerprint density at radius 2 is 1.56 bits per heavy atom. The van der Waals surface area contributed by atoms with Crippen molar-refractivity contribution in [2.75, 3.05) is 5.33 Å². The number of alkyl halides is 1. The third-order valence-electron chi connectivity index (χ3n) is 3.36. The van der Waals surface area contributed by atoms with E-state index in [-0.39, 0.29) is 5.97 Å². The molecule has 0 amide bonds. The summed E-state index contributed by atoms with van der Waals surface area (Å²) < 4.78 is 5.28. The molecule has 5 nitrogen and oxygen atoms in total. The molecule has 0 unspecified atom stereocenters. The summed E-state index contributed by atoms with van der Waals surface area (Å²) >= 11 is 3.37. The Labute approximate surface area is 155 Å². The van der Waals surface area contributed by atoms with Gasteiger partial charge in [-0.25, -0.2) is 0 Å². The number of nitrogens with zero attached hydrogens (tertiary/aromatic N) is 3. The predicted molar refractivity (Wildman–Crippen MR) is 99.7 cm³/mol. The molecule has 128 valence electrons. The summed E-state index contributed by atoms with van der Waals surface area (Å²) in [5, 5.41) is 17.9. The van der Waals surface area contributed by atoms with E-state index in [1.165, 1.54) is 0 Å². The second kappa shape index (κ2) is 10.4. The van der Waals surface area contributed by atoms with E-state index in [0.29, 0.717) is 29.1 Å². The van der Waals surface area contributed by atoms with Gasteiger partial charge in [0.05, 0.1) is 23.0 Å². The summed E-state index contributed by atoms with van der Waals surface area (Å²) in [5.74, 6) is 0.282. The van der Waals surface area contributed by atoms with Crippen molar-refractivity contribution in [2.24, 2.45) is 10.2 Å². The molecule has 0 fully saturated rings. The highest BCUT2D eigenvalue weighted by atomic mass is 79.9. The zero-order chi connectivity index (χ0) is 17.9. The molecule has 0 heterocycles. The van der Waals surface area contributed by atoms with E-state index in [1.54, 1.807) is 48.5 Å². The SMILES string of the molecule is N#Cc1ccc(N=Nc2ccc(OC(=O)CCCCCBr)cc2)cc1. The third-order valence-corrected chi connectivity index (χ3v) is 3.92. The molecule has 25 heavy (non-hydrogen) atoms. The van der Waals surface area contributed by atoms with Gasteiger partial charge < -0.3 is 4.74 Å². The molecule has 0 aromatic heterocycles. The summed E-state index contributed by atoms with van der Waals surface area (Å²) in [4.78, 5) is 11.7. The maximum absolute atomic E-state index is 11.7. The summed E-state index contributed by atoms with van der Waals surface area (Å²) in [6.07, 6.45) is 3.33. The molecule has 0 radical (unpaired) electrons. The molecular weight excluding hydrogens is 382 g/mol. The van der Waals surface area contributed by atoms with Gasteiger partial charge in [0.2, 0.25) is 0 Å². The van der Waals surface area contributed by atoms with Crippen molar-refractivity contribution in [3.05, 3.63) is 54.1 Å². The van der Waals surface area contributed by atoms with Crippen molar-refractivity contribution in [3.8, 4) is 11.8 Å². The van der Waals surface area contributed by atoms with Crippen LogP contribution in [-0.4, -0.2) is 11.3 Å². The largest absolute Gasteiger partial charge is 0.427 e. The number of esters is 1. The van der Waals surface area contributed by atoms with Crippen LogP contribution in [0.4, 0.5) is 11.4 Å². The smallest absolute Gasteiger partial charge is 0.311 e. The van der Waals surface area contributed by atoms with Crippen molar-refractivity contribution < 1.29 is 9.53 Å². The number of ether oxygens (including phenoxy) is 1. The van der Waals surface area contributed by atoms with Gasteiger partial charge in [-0.3, -0.25) is 4.79 Å². The molecule has 0 atom stereocenters. The van der Waals surface area contributed by atoms with E-state index >= 15 is 0 Å². The second-order valence-corrected chi connectivity index (χ2v) is 6.12. The fourth-order valence-electron chi connectivity index (χ4n) is 2.02. The summed E-state index contributed by atoms with van der Waals surface area (Å²) in [6.45, 7) is 0. The zero-order valence-corrected chi connectivity index (χ0v) is 15.3. The molecule has 0 saturated carbocycles. The number of hydrogen-bond acceptors (Lipinski definition) is 5. The van der Waals surface area contributed by atoms with Crippen molar-refractivity contribution in [2.45, 2.75) is 25.7 Å². The number of benzene rings is 2. The Bertz CT molecular complexity index is 750. The normalized spacial score (nSPS) is 10.6. The van der Waals surface area contributed by atoms with Crippen LogP contribution in [0.5, 0.6) is 5.75 Å². The van der Waals surface area contributed by atoms with Gasteiger partial charge in [0, 0.05) is 11.8 Å². The lowest BCUT2D eigenvalue weighted by atomic mass is 10.2. The minimum absolute atomic E-state index is 0.221. The van der Waals surface area contributed by atoms with E-state index in [2.05, 4.69) is 32.2 Å². The lowest BCUT2D eigenvalue weighted by molar-refractivity contribution is -0.134. The molecule has 2 aromatic carbocycles. The molecule has 6 heteroatoms. The van der Waals surface area contributed by atoms with Gasteiger partial charge in [-0.1, -0.05) is 22.4 Å². The first-order chi connectivity index (χ1) is 12.2. The monoisotopic (exact) mass is 399 g/mol. The van der Waals surface area contributed by atoms with Gasteiger partial charge in [-0.15, -0.1) is 0 Å². The first-order valence-corrected chi connectivity index (χ1v) is 9.12. The molecule has 0 spiro atoms. The lowest BCUT2D eigenvalue weighted by Gasteiger charge is -2.04. The van der Waals surface area contributed by atoms with Gasteiger partial charge in [0.1, 0.15) is 5.75 Å². The van der Waals surface area contributed by atoms with E-state index < -0.39 is 0 Å². The van der Waals surface area contributed by atoms with Crippen LogP contribution in [-0.2, 0) is 4.79 Å². The minimum Gasteiger partial charge on any atom is -0.427 e. The van der Waals surface area contributed by atoms with Crippen LogP contribution in [0.25, 0.3) is 0 Å². The average Bonchev–Trinajstić information content (AvgIpc) is 2.65. The number of carbonyl (C=O) groups excluding carboxylic acids is 1. The van der Waals surface area contributed by atoms with Gasteiger partial charge >= 0.3 is 5.97 Å². The fourth-order valence-corrected chi connectivity index (χ4v) is 2.42. The quantitative estimate of drug-likeness (QED) is 0.184. The van der Waals surface area contributed by atoms with Crippen LogP contribution in [0.15, 0.2) is 58.8 Å². The standard InChI is InChI=1S/C19H18BrN3O2/c20-13-3-1-2-4-19(24)25-18-11-9-17(10-12-18)23-22-16-7-5-15(14-21)6-8-16/h5-12H,1-4,13H2. The highest BCUT2D eigenvalue weighted by Crippen LogP contribution is 2.22. The van der Waals surface area contributed by atoms with Crippen LogP contribution >= 0.6 is 15.9 Å². The van der Waals surface area contributed by atoms with Crippen molar-refractivity contribution in [1.29, 1.82) is 5.26 Å². The van der Waals surface area contributed by atoms with Gasteiger partial charge in [-0.2, -0.15) is 15.5 Å². The Morgan fingerprint density at radius 3 is 2.12 bits per heavy atom. The molecule has 0 N–H and O–H groups in total. The average molecular weight is 400 g/mol. The van der Waals surface area contributed by atoms with E-state index in [0.717, 1.165) is 24.6 Å². The molecule has 0 bridgehead atoms. The Morgan fingerprint density at radius 1 is 0.960 bits per heavy atom.